The minimum absolute atomic E-state index is 0.0170. The summed E-state index contributed by atoms with van der Waals surface area (Å²) >= 11 is 1.53. The molecule has 1 N–H and O–H groups in total. The molecule has 7 heteroatoms. The maximum atomic E-state index is 13.1. The Balaban J connectivity index is 1.52. The normalized spacial score (nSPS) is 15.7. The second-order valence-electron chi connectivity index (χ2n) is 6.52. The van der Waals surface area contributed by atoms with Crippen LogP contribution in [0.4, 0.5) is 15.2 Å². The van der Waals surface area contributed by atoms with Gasteiger partial charge in [-0.15, -0.1) is 11.3 Å². The van der Waals surface area contributed by atoms with Crippen molar-refractivity contribution in [2.24, 2.45) is 0 Å². The van der Waals surface area contributed by atoms with Crippen LogP contribution in [0.2, 0.25) is 0 Å². The topological polar surface area (TPSA) is 48.5 Å². The molecule has 0 unspecified atom stereocenters. The van der Waals surface area contributed by atoms with Gasteiger partial charge in [-0.3, -0.25) is 9.69 Å². The highest BCUT2D eigenvalue weighted by molar-refractivity contribution is 7.15. The highest BCUT2D eigenvalue weighted by Gasteiger charge is 2.18. The lowest BCUT2D eigenvalue weighted by Gasteiger charge is -2.23. The molecule has 3 rings (SSSR count). The first kappa shape index (κ1) is 18.8. The van der Waals surface area contributed by atoms with Crippen LogP contribution in [-0.2, 0) is 11.2 Å². The molecule has 0 saturated carbocycles. The molecule has 0 spiro atoms. The van der Waals surface area contributed by atoms with Crippen molar-refractivity contribution in [3.8, 4) is 0 Å². The quantitative estimate of drug-likeness (QED) is 0.870. The van der Waals surface area contributed by atoms with Gasteiger partial charge in [-0.1, -0.05) is 6.92 Å². The van der Waals surface area contributed by atoms with Crippen molar-refractivity contribution in [2.75, 3.05) is 42.9 Å². The lowest BCUT2D eigenvalue weighted by Crippen LogP contribution is -2.36. The second kappa shape index (κ2) is 8.60. The van der Waals surface area contributed by atoms with Gasteiger partial charge in [-0.25, -0.2) is 9.37 Å². The zero-order valence-corrected chi connectivity index (χ0v) is 16.1. The van der Waals surface area contributed by atoms with Gasteiger partial charge < -0.3 is 10.2 Å². The fourth-order valence-electron chi connectivity index (χ4n) is 3.21. The molecule has 1 aromatic carbocycles. The fourth-order valence-corrected chi connectivity index (χ4v) is 4.13. The third-order valence-corrected chi connectivity index (χ3v) is 5.55. The summed E-state index contributed by atoms with van der Waals surface area (Å²) in [7, 11) is 0. The Morgan fingerprint density at radius 2 is 2.00 bits per heavy atom. The zero-order valence-electron chi connectivity index (χ0n) is 15.3. The monoisotopic (exact) mass is 376 g/mol. The molecule has 1 aliphatic rings. The van der Waals surface area contributed by atoms with E-state index in [0.717, 1.165) is 55.3 Å². The molecule has 2 heterocycles. The van der Waals surface area contributed by atoms with Crippen molar-refractivity contribution in [3.05, 3.63) is 40.7 Å². The number of carbonyl (C=O) groups excluding carboxylic acids is 1. The molecule has 1 amide bonds. The molecule has 140 valence electrons. The van der Waals surface area contributed by atoms with Crippen molar-refractivity contribution < 1.29 is 9.18 Å². The van der Waals surface area contributed by atoms with Crippen LogP contribution < -0.4 is 10.2 Å². The van der Waals surface area contributed by atoms with Gasteiger partial charge in [0.25, 0.3) is 0 Å². The largest absolute Gasteiger partial charge is 0.370 e. The smallest absolute Gasteiger partial charge is 0.240 e. The number of nitrogens with one attached hydrogen (secondary N) is 1. The van der Waals surface area contributed by atoms with Crippen LogP contribution in [0.1, 0.15) is 23.9 Å². The van der Waals surface area contributed by atoms with E-state index >= 15 is 0 Å². The summed E-state index contributed by atoms with van der Waals surface area (Å²) < 4.78 is 13.1. The number of aromatic nitrogens is 1. The molecular formula is C19H25FN4OS. The fraction of sp³-hybridized carbons (Fsp3) is 0.474. The number of nitrogens with zero attached hydrogens (tertiary/aromatic N) is 3. The molecule has 5 nitrogen and oxygen atoms in total. The Morgan fingerprint density at radius 3 is 2.69 bits per heavy atom. The minimum Gasteiger partial charge on any atom is -0.370 e. The third-order valence-electron chi connectivity index (χ3n) is 4.62. The average Bonchev–Trinajstić information content (AvgIpc) is 2.81. The number of carbonyl (C=O) groups is 1. The third kappa shape index (κ3) is 4.80. The maximum Gasteiger partial charge on any atom is 0.240 e. The first-order chi connectivity index (χ1) is 12.5. The molecule has 1 saturated heterocycles. The van der Waals surface area contributed by atoms with E-state index < -0.39 is 0 Å². The summed E-state index contributed by atoms with van der Waals surface area (Å²) in [5, 5.41) is 3.61. The molecule has 0 atom stereocenters. The Morgan fingerprint density at radius 1 is 1.23 bits per heavy atom. The Hall–Kier alpha value is -1.99. The Bertz CT molecular complexity index is 746. The number of benzene rings is 1. The highest BCUT2D eigenvalue weighted by Crippen LogP contribution is 2.22. The molecule has 0 bridgehead atoms. The van der Waals surface area contributed by atoms with Gasteiger partial charge in [0.2, 0.25) is 5.91 Å². The molecule has 1 aliphatic heterocycles. The van der Waals surface area contributed by atoms with Crippen LogP contribution in [0.3, 0.4) is 0 Å². The van der Waals surface area contributed by atoms with Crippen LogP contribution in [0.25, 0.3) is 0 Å². The number of aryl methyl sites for hydroxylation is 2. The van der Waals surface area contributed by atoms with Gasteiger partial charge in [-0.2, -0.15) is 0 Å². The van der Waals surface area contributed by atoms with Crippen LogP contribution in [0, 0.1) is 12.7 Å². The predicted octanol–water partition coefficient (Wildman–Crippen LogP) is 3.30. The summed E-state index contributed by atoms with van der Waals surface area (Å²) in [6, 6.07) is 6.61. The second-order valence-corrected chi connectivity index (χ2v) is 7.72. The number of amides is 1. The zero-order chi connectivity index (χ0) is 18.5. The lowest BCUT2D eigenvalue weighted by atomic mass is 10.2. The van der Waals surface area contributed by atoms with Crippen LogP contribution in [0.15, 0.2) is 24.3 Å². The number of hydrogen-bond acceptors (Lipinski definition) is 5. The van der Waals surface area contributed by atoms with Gasteiger partial charge >= 0.3 is 0 Å². The summed E-state index contributed by atoms with van der Waals surface area (Å²) in [5.74, 6) is -0.234. The van der Waals surface area contributed by atoms with E-state index in [1.54, 1.807) is 0 Å². The van der Waals surface area contributed by atoms with Gasteiger partial charge in [0, 0.05) is 36.7 Å². The summed E-state index contributed by atoms with van der Waals surface area (Å²) in [6.07, 6.45) is 1.85. The molecule has 0 aliphatic carbocycles. The average molecular weight is 377 g/mol. The highest BCUT2D eigenvalue weighted by atomic mass is 32.1. The van der Waals surface area contributed by atoms with Gasteiger partial charge in [-0.05, 0) is 44.0 Å². The predicted molar refractivity (Wildman–Crippen MR) is 105 cm³/mol. The molecule has 2 aromatic rings. The van der Waals surface area contributed by atoms with E-state index in [-0.39, 0.29) is 11.7 Å². The van der Waals surface area contributed by atoms with Crippen molar-refractivity contribution in [3.63, 3.8) is 0 Å². The summed E-state index contributed by atoms with van der Waals surface area (Å²) in [4.78, 5) is 22.4. The lowest BCUT2D eigenvalue weighted by molar-refractivity contribution is -0.117. The van der Waals surface area contributed by atoms with Gasteiger partial charge in [0.15, 0.2) is 5.13 Å². The first-order valence-corrected chi connectivity index (χ1v) is 9.86. The standard InChI is InChI=1S/C19H25FN4OS/c1-3-17-14(2)26-19(21-17)22-18(25)13-23-9-4-10-24(12-11-23)16-7-5-15(20)6-8-16/h5-8H,3-4,9-13H2,1-2H3,(H,21,22,25). The maximum absolute atomic E-state index is 13.1. The summed E-state index contributed by atoms with van der Waals surface area (Å²) in [5.41, 5.74) is 2.08. The number of thiazole rings is 1. The van der Waals surface area contributed by atoms with Crippen molar-refractivity contribution >= 4 is 28.1 Å². The van der Waals surface area contributed by atoms with Crippen molar-refractivity contribution in [1.29, 1.82) is 0 Å². The van der Waals surface area contributed by atoms with E-state index in [1.165, 1.54) is 23.5 Å². The van der Waals surface area contributed by atoms with E-state index in [2.05, 4.69) is 27.0 Å². The molecule has 1 aromatic heterocycles. The van der Waals surface area contributed by atoms with Crippen LogP contribution in [0.5, 0.6) is 0 Å². The number of halogens is 1. The SMILES string of the molecule is CCc1nc(NC(=O)CN2CCCN(c3ccc(F)cc3)CC2)sc1C. The number of rotatable bonds is 5. The number of anilines is 2. The molecular weight excluding hydrogens is 351 g/mol. The van der Waals surface area contributed by atoms with Gasteiger partial charge in [0.05, 0.1) is 12.2 Å². The Kier molecular flexibility index (Phi) is 6.21. The van der Waals surface area contributed by atoms with Crippen molar-refractivity contribution in [2.45, 2.75) is 26.7 Å². The van der Waals surface area contributed by atoms with Gasteiger partial charge in [0.1, 0.15) is 5.82 Å². The van der Waals surface area contributed by atoms with Crippen LogP contribution >= 0.6 is 11.3 Å². The van der Waals surface area contributed by atoms with E-state index in [1.807, 2.05) is 19.1 Å². The van der Waals surface area contributed by atoms with E-state index in [4.69, 9.17) is 0 Å². The molecule has 0 radical (unpaired) electrons. The Labute approximate surface area is 157 Å². The minimum atomic E-state index is -0.217. The molecule has 26 heavy (non-hydrogen) atoms. The molecule has 1 fully saturated rings. The van der Waals surface area contributed by atoms with E-state index in [0.29, 0.717) is 11.7 Å². The van der Waals surface area contributed by atoms with Crippen LogP contribution in [-0.4, -0.2) is 48.5 Å². The number of hydrogen-bond donors (Lipinski definition) is 1. The van der Waals surface area contributed by atoms with Crippen molar-refractivity contribution in [1.82, 2.24) is 9.88 Å². The van der Waals surface area contributed by atoms with E-state index in [9.17, 15) is 9.18 Å². The first-order valence-electron chi connectivity index (χ1n) is 9.04. The summed E-state index contributed by atoms with van der Waals surface area (Å²) in [6.45, 7) is 7.90.